The molecule has 0 aromatic heterocycles. The number of hydrogen-bond donors (Lipinski definition) is 1. The highest BCUT2D eigenvalue weighted by molar-refractivity contribution is 7.92. The molecule has 1 atom stereocenters. The maximum absolute atomic E-state index is 11.8. The number of sulfone groups is 1. The molecule has 4 nitrogen and oxygen atoms in total. The zero-order valence-electron chi connectivity index (χ0n) is 12.6. The van der Waals surface area contributed by atoms with Crippen molar-refractivity contribution in [2.45, 2.75) is 37.5 Å². The Bertz CT molecular complexity index is 613. The highest BCUT2D eigenvalue weighted by Gasteiger charge is 2.30. The molecule has 2 aliphatic rings. The number of rotatable bonds is 4. The zero-order chi connectivity index (χ0) is 14.9. The quantitative estimate of drug-likeness (QED) is 0.920. The maximum Gasteiger partial charge on any atom is 0.154 e. The Kier molecular flexibility index (Phi) is 4.22. The Morgan fingerprint density at radius 3 is 2.95 bits per heavy atom. The minimum Gasteiger partial charge on any atom is -0.374 e. The molecule has 0 spiro atoms. The summed E-state index contributed by atoms with van der Waals surface area (Å²) in [5.74, 6) is 0.366. The van der Waals surface area contributed by atoms with Crippen LogP contribution >= 0.6 is 0 Å². The number of nitrogens with zero attached hydrogens (tertiary/aromatic N) is 1. The third-order valence-electron chi connectivity index (χ3n) is 4.66. The summed E-state index contributed by atoms with van der Waals surface area (Å²) < 4.78 is 23.6. The lowest BCUT2D eigenvalue weighted by atomic mass is 9.99. The number of benzene rings is 1. The van der Waals surface area contributed by atoms with Crippen molar-refractivity contribution in [1.29, 1.82) is 0 Å². The molecule has 0 saturated carbocycles. The van der Waals surface area contributed by atoms with E-state index >= 15 is 0 Å². The summed E-state index contributed by atoms with van der Waals surface area (Å²) in [5, 5.41) is 3.15. The molecule has 1 aromatic rings. The van der Waals surface area contributed by atoms with Crippen LogP contribution in [-0.4, -0.2) is 39.6 Å². The van der Waals surface area contributed by atoms with Crippen LogP contribution in [0.2, 0.25) is 0 Å². The molecule has 1 fully saturated rings. The fraction of sp³-hybridized carbons (Fsp3) is 0.625. The Balaban J connectivity index is 1.59. The van der Waals surface area contributed by atoms with Gasteiger partial charge in [0.05, 0.1) is 11.0 Å². The average Bonchev–Trinajstić information content (AvgIpc) is 2.78. The normalized spacial score (nSPS) is 24.0. The summed E-state index contributed by atoms with van der Waals surface area (Å²) in [7, 11) is -0.693. The van der Waals surface area contributed by atoms with E-state index in [-0.39, 0.29) is 5.25 Å². The van der Waals surface area contributed by atoms with Crippen LogP contribution in [-0.2, 0) is 22.8 Å². The first-order valence-electron chi connectivity index (χ1n) is 7.81. The van der Waals surface area contributed by atoms with Crippen LogP contribution in [0.3, 0.4) is 0 Å². The van der Waals surface area contributed by atoms with Crippen LogP contribution in [0.5, 0.6) is 0 Å². The summed E-state index contributed by atoms with van der Waals surface area (Å²) in [6.07, 6.45) is 3.98. The van der Waals surface area contributed by atoms with Gasteiger partial charge >= 0.3 is 0 Å². The molecule has 2 heterocycles. The molecule has 0 bridgehead atoms. The van der Waals surface area contributed by atoms with Gasteiger partial charge < -0.3 is 10.2 Å². The van der Waals surface area contributed by atoms with E-state index in [1.807, 2.05) is 0 Å². The predicted molar refractivity (Wildman–Crippen MR) is 86.5 cm³/mol. The molecule has 1 unspecified atom stereocenters. The molecule has 0 radical (unpaired) electrons. The van der Waals surface area contributed by atoms with Crippen LogP contribution in [0.15, 0.2) is 18.2 Å². The number of hydrogen-bond acceptors (Lipinski definition) is 4. The van der Waals surface area contributed by atoms with Crippen molar-refractivity contribution in [2.75, 3.05) is 30.8 Å². The van der Waals surface area contributed by atoms with Gasteiger partial charge in [0.1, 0.15) is 0 Å². The standard InChI is InChI=1S/C16H24N2O2S/c1-18-8-2-4-14-10-13(6-7-16(14)18)11-17-12-15-5-3-9-21(15,19)20/h6-7,10,15,17H,2-5,8-9,11-12H2,1H3. The molecule has 0 amide bonds. The lowest BCUT2D eigenvalue weighted by Gasteiger charge is -2.27. The molecule has 1 aromatic carbocycles. The van der Waals surface area contributed by atoms with Crippen LogP contribution in [0.1, 0.15) is 30.4 Å². The number of fused-ring (bicyclic) bond motifs is 1. The van der Waals surface area contributed by atoms with Crippen LogP contribution in [0, 0.1) is 0 Å². The lowest BCUT2D eigenvalue weighted by molar-refractivity contribution is 0.574. The van der Waals surface area contributed by atoms with Crippen molar-refractivity contribution in [2.24, 2.45) is 0 Å². The van der Waals surface area contributed by atoms with Gasteiger partial charge in [0.15, 0.2) is 9.84 Å². The molecular weight excluding hydrogens is 284 g/mol. The van der Waals surface area contributed by atoms with E-state index in [9.17, 15) is 8.42 Å². The van der Waals surface area contributed by atoms with Gasteiger partial charge in [0, 0.05) is 32.4 Å². The molecule has 3 rings (SSSR count). The minimum atomic E-state index is -2.83. The SMILES string of the molecule is CN1CCCc2cc(CNCC3CCCS3(=O)=O)ccc21. The molecule has 1 N–H and O–H groups in total. The molecule has 21 heavy (non-hydrogen) atoms. The van der Waals surface area contributed by atoms with Gasteiger partial charge in [-0.3, -0.25) is 0 Å². The highest BCUT2D eigenvalue weighted by atomic mass is 32.2. The first-order chi connectivity index (χ1) is 10.1. The number of nitrogens with one attached hydrogen (secondary N) is 1. The zero-order valence-corrected chi connectivity index (χ0v) is 13.5. The van der Waals surface area contributed by atoms with Crippen molar-refractivity contribution in [3.8, 4) is 0 Å². The van der Waals surface area contributed by atoms with Gasteiger partial charge in [-0.15, -0.1) is 0 Å². The Morgan fingerprint density at radius 2 is 2.19 bits per heavy atom. The molecule has 116 valence electrons. The van der Waals surface area contributed by atoms with E-state index in [0.29, 0.717) is 12.3 Å². The van der Waals surface area contributed by atoms with Crippen molar-refractivity contribution in [1.82, 2.24) is 5.32 Å². The van der Waals surface area contributed by atoms with Gasteiger partial charge in [-0.1, -0.05) is 12.1 Å². The van der Waals surface area contributed by atoms with Crippen molar-refractivity contribution >= 4 is 15.5 Å². The fourth-order valence-electron chi connectivity index (χ4n) is 3.41. The van der Waals surface area contributed by atoms with Gasteiger partial charge in [-0.25, -0.2) is 8.42 Å². The lowest BCUT2D eigenvalue weighted by Crippen LogP contribution is -2.30. The Labute approximate surface area is 127 Å². The highest BCUT2D eigenvalue weighted by Crippen LogP contribution is 2.26. The van der Waals surface area contributed by atoms with Crippen molar-refractivity contribution in [3.05, 3.63) is 29.3 Å². The first-order valence-corrected chi connectivity index (χ1v) is 9.53. The average molecular weight is 308 g/mol. The van der Waals surface area contributed by atoms with E-state index in [1.165, 1.54) is 23.2 Å². The van der Waals surface area contributed by atoms with E-state index in [2.05, 4.69) is 35.5 Å². The third-order valence-corrected chi connectivity index (χ3v) is 6.93. The fourth-order valence-corrected chi connectivity index (χ4v) is 5.21. The predicted octanol–water partition coefficient (Wildman–Crippen LogP) is 1.74. The minimum absolute atomic E-state index is 0.179. The topological polar surface area (TPSA) is 49.4 Å². The summed E-state index contributed by atoms with van der Waals surface area (Å²) in [6, 6.07) is 6.61. The number of anilines is 1. The van der Waals surface area contributed by atoms with Crippen LogP contribution in [0.25, 0.3) is 0 Å². The van der Waals surface area contributed by atoms with Crippen molar-refractivity contribution in [3.63, 3.8) is 0 Å². The second-order valence-corrected chi connectivity index (χ2v) is 8.65. The van der Waals surface area contributed by atoms with Gasteiger partial charge in [-0.2, -0.15) is 0 Å². The van der Waals surface area contributed by atoms with E-state index in [0.717, 1.165) is 32.4 Å². The van der Waals surface area contributed by atoms with E-state index in [1.54, 1.807) is 0 Å². The third kappa shape index (κ3) is 3.24. The summed E-state index contributed by atoms with van der Waals surface area (Å²) >= 11 is 0. The summed E-state index contributed by atoms with van der Waals surface area (Å²) in [5.41, 5.74) is 4.00. The smallest absolute Gasteiger partial charge is 0.154 e. The molecule has 0 aliphatic carbocycles. The second kappa shape index (κ2) is 5.97. The van der Waals surface area contributed by atoms with E-state index < -0.39 is 9.84 Å². The largest absolute Gasteiger partial charge is 0.374 e. The molecule has 1 saturated heterocycles. The first kappa shape index (κ1) is 14.9. The Morgan fingerprint density at radius 1 is 1.33 bits per heavy atom. The van der Waals surface area contributed by atoms with Gasteiger partial charge in [0.2, 0.25) is 0 Å². The Hall–Kier alpha value is -1.07. The molecule has 2 aliphatic heterocycles. The van der Waals surface area contributed by atoms with Gasteiger partial charge in [-0.05, 0) is 42.9 Å². The van der Waals surface area contributed by atoms with E-state index in [4.69, 9.17) is 0 Å². The molecule has 5 heteroatoms. The monoisotopic (exact) mass is 308 g/mol. The summed E-state index contributed by atoms with van der Waals surface area (Å²) in [6.45, 7) is 2.46. The van der Waals surface area contributed by atoms with Crippen LogP contribution < -0.4 is 10.2 Å². The maximum atomic E-state index is 11.8. The number of aryl methyl sites for hydroxylation is 1. The summed E-state index contributed by atoms with van der Waals surface area (Å²) in [4.78, 5) is 2.31. The second-order valence-electron chi connectivity index (χ2n) is 6.25. The van der Waals surface area contributed by atoms with Gasteiger partial charge in [0.25, 0.3) is 0 Å². The van der Waals surface area contributed by atoms with Crippen molar-refractivity contribution < 1.29 is 8.42 Å². The molecular formula is C16H24N2O2S. The van der Waals surface area contributed by atoms with Crippen LogP contribution in [0.4, 0.5) is 5.69 Å².